The molecule has 1 atom stereocenters. The second-order valence-corrected chi connectivity index (χ2v) is 10.3. The second kappa shape index (κ2) is 12.1. The maximum absolute atomic E-state index is 14.8. The maximum atomic E-state index is 14.8. The van der Waals surface area contributed by atoms with E-state index in [9.17, 15) is 30.7 Å². The minimum absolute atomic E-state index is 0.147. The number of allylic oxidation sites excluding steroid dienone is 4. The van der Waals surface area contributed by atoms with Gasteiger partial charge >= 0.3 is 12.3 Å². The van der Waals surface area contributed by atoms with Crippen LogP contribution in [0.1, 0.15) is 75.2 Å². The Balaban J connectivity index is 1.30. The van der Waals surface area contributed by atoms with E-state index in [4.69, 9.17) is 0 Å². The van der Waals surface area contributed by atoms with Gasteiger partial charge in [-0.25, -0.2) is 18.7 Å². The van der Waals surface area contributed by atoms with Crippen LogP contribution in [0, 0.1) is 29.4 Å². The van der Waals surface area contributed by atoms with Crippen molar-refractivity contribution in [2.24, 2.45) is 17.8 Å². The van der Waals surface area contributed by atoms with Crippen LogP contribution in [0.5, 0.6) is 5.75 Å². The van der Waals surface area contributed by atoms with Crippen LogP contribution in [0.2, 0.25) is 0 Å². The molecule has 0 spiro atoms. The van der Waals surface area contributed by atoms with Crippen LogP contribution in [0.15, 0.2) is 42.8 Å². The van der Waals surface area contributed by atoms with Gasteiger partial charge < -0.3 is 4.74 Å². The number of aryl methyl sites for hydroxylation is 1. The molecule has 0 saturated heterocycles. The molecule has 1 aromatic heterocycles. The normalized spacial score (nSPS) is 22.7. The zero-order valence-electron chi connectivity index (χ0n) is 21.6. The molecule has 0 N–H and O–H groups in total. The van der Waals surface area contributed by atoms with Crippen molar-refractivity contribution in [3.8, 4) is 5.75 Å². The van der Waals surface area contributed by atoms with Crippen LogP contribution in [0.4, 0.5) is 30.7 Å². The zero-order chi connectivity index (χ0) is 28.2. The summed E-state index contributed by atoms with van der Waals surface area (Å²) in [6.07, 6.45) is 6.66. The third-order valence-corrected chi connectivity index (χ3v) is 7.75. The summed E-state index contributed by atoms with van der Waals surface area (Å²) >= 11 is 0. The maximum Gasteiger partial charge on any atom is 0.422 e. The summed E-state index contributed by atoms with van der Waals surface area (Å²) in [5.41, 5.74) is 0.0418. The lowest BCUT2D eigenvalue weighted by atomic mass is 9.71. The molecule has 1 heterocycles. The lowest BCUT2D eigenvalue weighted by Crippen LogP contribution is -2.38. The Morgan fingerprint density at radius 3 is 2.10 bits per heavy atom. The van der Waals surface area contributed by atoms with Gasteiger partial charge in [-0.3, -0.25) is 0 Å². The number of benzene rings is 1. The molecular weight excluding hydrogens is 525 g/mol. The van der Waals surface area contributed by atoms with Crippen molar-refractivity contribution < 1.29 is 35.5 Å². The highest BCUT2D eigenvalue weighted by molar-refractivity contribution is 5.60. The fraction of sp³-hybridized carbons (Fsp3) is 0.517. The van der Waals surface area contributed by atoms with E-state index in [1.54, 1.807) is 0 Å². The van der Waals surface area contributed by atoms with Crippen molar-refractivity contribution in [2.45, 2.75) is 77.0 Å². The van der Waals surface area contributed by atoms with Crippen LogP contribution in [0.25, 0.3) is 5.57 Å². The number of nitrogens with zero attached hydrogens (tertiary/aromatic N) is 2. The Morgan fingerprint density at radius 1 is 0.923 bits per heavy atom. The predicted molar refractivity (Wildman–Crippen MR) is 133 cm³/mol. The lowest BCUT2D eigenvalue weighted by Gasteiger charge is -2.37. The first-order chi connectivity index (χ1) is 18.5. The Labute approximate surface area is 223 Å². The minimum Gasteiger partial charge on any atom is -0.432 e. The van der Waals surface area contributed by atoms with Gasteiger partial charge in [0.1, 0.15) is 22.9 Å². The second-order valence-electron chi connectivity index (χ2n) is 10.3. The number of ether oxygens (including phenoxy) is 1. The monoisotopic (exact) mass is 556 g/mol. The average Bonchev–Trinajstić information content (AvgIpc) is 2.88. The van der Waals surface area contributed by atoms with Gasteiger partial charge in [-0.15, -0.1) is 0 Å². The van der Waals surface area contributed by atoms with E-state index in [0.29, 0.717) is 18.8 Å². The quantitative estimate of drug-likeness (QED) is 0.241. The van der Waals surface area contributed by atoms with Gasteiger partial charge in [-0.1, -0.05) is 18.2 Å². The first-order valence-electron chi connectivity index (χ1n) is 13.2. The van der Waals surface area contributed by atoms with Gasteiger partial charge in [0.15, 0.2) is 5.82 Å². The van der Waals surface area contributed by atoms with Crippen molar-refractivity contribution in [1.29, 1.82) is 0 Å². The largest absolute Gasteiger partial charge is 0.432 e. The van der Waals surface area contributed by atoms with Crippen molar-refractivity contribution in [3.05, 3.63) is 71.3 Å². The summed E-state index contributed by atoms with van der Waals surface area (Å²) in [5.74, 6) is -4.83. The standard InChI is InChI=1S/C29H31F7N2O/c1-2-3-4-5-18-16-37-27(38-17-18)21-8-6-19(7-9-21)20-10-12-22(13-11-20)29(35,36)39-23-14-24(30)26(25(31)15-23)28(32,33)34/h2-3,8,14-17,19-20,22H,4-7,9-13H2,1H3/b3-2+. The van der Waals surface area contributed by atoms with Crippen molar-refractivity contribution in [3.63, 3.8) is 0 Å². The van der Waals surface area contributed by atoms with Crippen molar-refractivity contribution in [1.82, 2.24) is 9.97 Å². The van der Waals surface area contributed by atoms with Crippen LogP contribution < -0.4 is 4.74 Å². The van der Waals surface area contributed by atoms with Gasteiger partial charge in [0.2, 0.25) is 0 Å². The summed E-state index contributed by atoms with van der Waals surface area (Å²) in [5, 5.41) is 0. The third kappa shape index (κ3) is 7.19. The van der Waals surface area contributed by atoms with Crippen LogP contribution in [-0.2, 0) is 12.6 Å². The van der Waals surface area contributed by atoms with Gasteiger partial charge in [-0.05, 0) is 87.7 Å². The molecule has 2 aliphatic rings. The van der Waals surface area contributed by atoms with Crippen molar-refractivity contribution >= 4 is 5.57 Å². The Kier molecular flexibility index (Phi) is 9.01. The smallest absolute Gasteiger partial charge is 0.422 e. The molecular formula is C29H31F7N2O. The molecule has 3 nitrogen and oxygen atoms in total. The first kappa shape index (κ1) is 29.1. The summed E-state index contributed by atoms with van der Waals surface area (Å²) in [4.78, 5) is 9.03. The Hall–Kier alpha value is -2.91. The van der Waals surface area contributed by atoms with Crippen molar-refractivity contribution in [2.75, 3.05) is 0 Å². The van der Waals surface area contributed by atoms with E-state index >= 15 is 0 Å². The molecule has 1 saturated carbocycles. The molecule has 2 aliphatic carbocycles. The summed E-state index contributed by atoms with van der Waals surface area (Å²) < 4.78 is 100.0. The highest BCUT2D eigenvalue weighted by Gasteiger charge is 2.46. The molecule has 0 amide bonds. The zero-order valence-corrected chi connectivity index (χ0v) is 21.6. The number of aromatic nitrogens is 2. The summed E-state index contributed by atoms with van der Waals surface area (Å²) in [7, 11) is 0. The van der Waals surface area contributed by atoms with E-state index in [1.807, 2.05) is 25.4 Å². The number of hydrogen-bond acceptors (Lipinski definition) is 3. The van der Waals surface area contributed by atoms with Gasteiger partial charge in [0.05, 0.1) is 5.92 Å². The average molecular weight is 557 g/mol. The fourth-order valence-corrected chi connectivity index (χ4v) is 5.60. The number of halogens is 7. The number of alkyl halides is 5. The summed E-state index contributed by atoms with van der Waals surface area (Å²) in [6, 6.07) is 0.302. The van der Waals surface area contributed by atoms with Crippen LogP contribution in [0.3, 0.4) is 0 Å². The van der Waals surface area contributed by atoms with E-state index in [2.05, 4.69) is 26.9 Å². The Bertz CT molecular complexity index is 1160. The Morgan fingerprint density at radius 2 is 1.56 bits per heavy atom. The molecule has 2 aromatic rings. The number of hydrogen-bond donors (Lipinski definition) is 0. The highest BCUT2D eigenvalue weighted by Crippen LogP contribution is 2.45. The molecule has 0 aliphatic heterocycles. The topological polar surface area (TPSA) is 35.0 Å². The molecule has 1 fully saturated rings. The van der Waals surface area contributed by atoms with Gasteiger partial charge in [-0.2, -0.15) is 22.0 Å². The van der Waals surface area contributed by atoms with E-state index in [0.717, 1.165) is 49.1 Å². The van der Waals surface area contributed by atoms with E-state index in [1.165, 1.54) is 0 Å². The van der Waals surface area contributed by atoms with Gasteiger partial charge in [0.25, 0.3) is 0 Å². The molecule has 0 radical (unpaired) electrons. The molecule has 1 aromatic carbocycles. The highest BCUT2D eigenvalue weighted by atomic mass is 19.4. The minimum atomic E-state index is -5.29. The first-order valence-corrected chi connectivity index (χ1v) is 13.2. The van der Waals surface area contributed by atoms with Crippen LogP contribution in [-0.4, -0.2) is 16.1 Å². The fourth-order valence-electron chi connectivity index (χ4n) is 5.60. The predicted octanol–water partition coefficient (Wildman–Crippen LogP) is 8.94. The molecule has 1 unspecified atom stereocenters. The molecule has 0 bridgehead atoms. The number of rotatable bonds is 8. The summed E-state index contributed by atoms with van der Waals surface area (Å²) in [6.45, 7) is 1.98. The molecule has 39 heavy (non-hydrogen) atoms. The molecule has 212 valence electrons. The lowest BCUT2D eigenvalue weighted by molar-refractivity contribution is -0.224. The van der Waals surface area contributed by atoms with Gasteiger partial charge in [0, 0.05) is 24.5 Å². The third-order valence-electron chi connectivity index (χ3n) is 7.75. The molecule has 10 heteroatoms. The van der Waals surface area contributed by atoms with Crippen LogP contribution >= 0.6 is 0 Å². The molecule has 4 rings (SSSR count). The van der Waals surface area contributed by atoms with E-state index < -0.39 is 41.2 Å². The van der Waals surface area contributed by atoms with E-state index in [-0.39, 0.29) is 30.9 Å². The SMILES string of the molecule is C/C=C/CCc1cnc(C2=CCC(C3CCC(C(F)(F)Oc4cc(F)c(C(F)(F)F)c(F)c4)CC3)CC2)nc1.